The molecule has 4 rings (SSSR count). The third-order valence-corrected chi connectivity index (χ3v) is 8.19. The Labute approximate surface area is 169 Å². The van der Waals surface area contributed by atoms with Crippen molar-refractivity contribution >= 4 is 11.8 Å². The van der Waals surface area contributed by atoms with Crippen molar-refractivity contribution in [3.63, 3.8) is 0 Å². The van der Waals surface area contributed by atoms with Gasteiger partial charge in [0, 0.05) is 45.0 Å². The molecule has 1 aromatic rings. The van der Waals surface area contributed by atoms with E-state index in [0.717, 1.165) is 49.9 Å². The summed E-state index contributed by atoms with van der Waals surface area (Å²) >= 11 is 0. The molecule has 2 amide bonds. The van der Waals surface area contributed by atoms with Crippen molar-refractivity contribution < 1.29 is 4.79 Å². The molecule has 3 fully saturated rings. The van der Waals surface area contributed by atoms with Crippen molar-refractivity contribution in [2.75, 3.05) is 38.1 Å². The van der Waals surface area contributed by atoms with Crippen LogP contribution in [0.5, 0.6) is 0 Å². The first-order valence-electron chi connectivity index (χ1n) is 10.7. The van der Waals surface area contributed by atoms with E-state index in [2.05, 4.69) is 59.3 Å². The summed E-state index contributed by atoms with van der Waals surface area (Å²) in [6.45, 7) is 11.8. The van der Waals surface area contributed by atoms with Crippen molar-refractivity contribution in [1.82, 2.24) is 20.5 Å². The normalized spacial score (nSPS) is 31.8. The molecule has 6 heteroatoms. The van der Waals surface area contributed by atoms with Crippen molar-refractivity contribution in [3.8, 4) is 0 Å². The first kappa shape index (κ1) is 19.5. The summed E-state index contributed by atoms with van der Waals surface area (Å²) in [5.74, 6) is 1.74. The maximum atomic E-state index is 12.6. The second-order valence-corrected chi connectivity index (χ2v) is 9.80. The number of urea groups is 1. The molecule has 3 aliphatic rings. The number of likely N-dealkylation sites (N-methyl/N-ethyl adjacent to an activating group) is 1. The Kier molecular flexibility index (Phi) is 5.02. The second kappa shape index (κ2) is 7.21. The fraction of sp³-hybridized carbons (Fsp3) is 0.727. The molecule has 3 unspecified atom stereocenters. The minimum atomic E-state index is -0.0486. The fourth-order valence-corrected chi connectivity index (χ4v) is 5.59. The molecule has 0 radical (unpaired) electrons. The molecule has 2 N–H and O–H groups in total. The van der Waals surface area contributed by atoms with Crippen molar-refractivity contribution in [2.45, 2.75) is 52.6 Å². The number of aromatic nitrogens is 1. The SMILES string of the molecule is CN1CCN(c2cc(CNC(=O)NC3CC4CCC3(C)C4(C)C)ccn2)CC1. The summed E-state index contributed by atoms with van der Waals surface area (Å²) < 4.78 is 0. The zero-order valence-electron chi connectivity index (χ0n) is 17.8. The Morgan fingerprint density at radius 3 is 2.64 bits per heavy atom. The summed E-state index contributed by atoms with van der Waals surface area (Å²) in [7, 11) is 2.15. The summed E-state index contributed by atoms with van der Waals surface area (Å²) in [5, 5.41) is 6.34. The van der Waals surface area contributed by atoms with Crippen LogP contribution in [0.2, 0.25) is 0 Å². The van der Waals surface area contributed by atoms with Gasteiger partial charge in [-0.2, -0.15) is 0 Å². The Morgan fingerprint density at radius 1 is 1.25 bits per heavy atom. The molecule has 3 atom stereocenters. The molecule has 1 saturated heterocycles. The van der Waals surface area contributed by atoms with Crippen molar-refractivity contribution in [1.29, 1.82) is 0 Å². The molecule has 2 heterocycles. The van der Waals surface area contributed by atoms with Gasteiger partial charge in [-0.3, -0.25) is 0 Å². The Balaban J connectivity index is 1.31. The summed E-state index contributed by atoms with van der Waals surface area (Å²) in [6.07, 6.45) is 5.48. The standard InChI is InChI=1S/C22H35N5O/c1-21(2)17-5-7-22(21,3)18(14-17)25-20(28)24-15-16-6-8-23-19(13-16)27-11-9-26(4)10-12-27/h6,8,13,17-18H,5,7,9-12,14-15H2,1-4H3,(H2,24,25,28). The predicted molar refractivity (Wildman–Crippen MR) is 112 cm³/mol. The van der Waals surface area contributed by atoms with Crippen LogP contribution in [0.15, 0.2) is 18.3 Å². The molecule has 154 valence electrons. The van der Waals surface area contributed by atoms with Crippen molar-refractivity contribution in [2.24, 2.45) is 16.7 Å². The largest absolute Gasteiger partial charge is 0.354 e. The van der Waals surface area contributed by atoms with Crippen LogP contribution in [0.4, 0.5) is 10.6 Å². The number of nitrogens with one attached hydrogen (secondary N) is 2. The second-order valence-electron chi connectivity index (χ2n) is 9.80. The third-order valence-electron chi connectivity index (χ3n) is 8.19. The number of carbonyl (C=O) groups excluding carboxylic acids is 1. The van der Waals surface area contributed by atoms with Crippen molar-refractivity contribution in [3.05, 3.63) is 23.9 Å². The van der Waals surface area contributed by atoms with E-state index in [1.54, 1.807) is 0 Å². The molecular weight excluding hydrogens is 350 g/mol. The average Bonchev–Trinajstić information content (AvgIpc) is 3.01. The van der Waals surface area contributed by atoms with Crippen LogP contribution >= 0.6 is 0 Å². The van der Waals surface area contributed by atoms with E-state index < -0.39 is 0 Å². The number of nitrogens with zero attached hydrogens (tertiary/aromatic N) is 3. The number of hydrogen-bond donors (Lipinski definition) is 2. The minimum Gasteiger partial charge on any atom is -0.354 e. The zero-order chi connectivity index (χ0) is 19.9. The quantitative estimate of drug-likeness (QED) is 0.837. The first-order valence-corrected chi connectivity index (χ1v) is 10.7. The molecule has 2 aliphatic carbocycles. The van der Waals surface area contributed by atoms with Crippen LogP contribution in [0, 0.1) is 16.7 Å². The maximum Gasteiger partial charge on any atom is 0.315 e. The van der Waals surface area contributed by atoms with Crippen LogP contribution < -0.4 is 15.5 Å². The van der Waals surface area contributed by atoms with Gasteiger partial charge in [0.25, 0.3) is 0 Å². The number of pyridine rings is 1. The van der Waals surface area contributed by atoms with Gasteiger partial charge in [-0.15, -0.1) is 0 Å². The monoisotopic (exact) mass is 385 g/mol. The van der Waals surface area contributed by atoms with E-state index in [1.807, 2.05) is 12.3 Å². The van der Waals surface area contributed by atoms with Gasteiger partial charge < -0.3 is 20.4 Å². The Bertz CT molecular complexity index is 727. The lowest BCUT2D eigenvalue weighted by molar-refractivity contribution is 0.123. The van der Waals surface area contributed by atoms with Gasteiger partial charge in [0.15, 0.2) is 0 Å². The predicted octanol–water partition coefficient (Wildman–Crippen LogP) is 2.85. The average molecular weight is 386 g/mol. The van der Waals surface area contributed by atoms with E-state index >= 15 is 0 Å². The molecular formula is C22H35N5O. The molecule has 2 bridgehead atoms. The summed E-state index contributed by atoms with van der Waals surface area (Å²) in [6, 6.07) is 4.32. The van der Waals surface area contributed by atoms with Gasteiger partial charge in [-0.25, -0.2) is 9.78 Å². The molecule has 2 saturated carbocycles. The highest BCUT2D eigenvalue weighted by Crippen LogP contribution is 2.65. The lowest BCUT2D eigenvalue weighted by Crippen LogP contribution is -2.50. The van der Waals surface area contributed by atoms with Gasteiger partial charge in [0.2, 0.25) is 0 Å². The lowest BCUT2D eigenvalue weighted by Gasteiger charge is -2.39. The van der Waals surface area contributed by atoms with E-state index in [-0.39, 0.29) is 17.5 Å². The Morgan fingerprint density at radius 2 is 2.00 bits per heavy atom. The van der Waals surface area contributed by atoms with Gasteiger partial charge in [-0.1, -0.05) is 20.8 Å². The zero-order valence-corrected chi connectivity index (χ0v) is 17.8. The number of fused-ring (bicyclic) bond motifs is 2. The molecule has 1 aliphatic heterocycles. The number of anilines is 1. The van der Waals surface area contributed by atoms with E-state index in [4.69, 9.17) is 0 Å². The number of hydrogen-bond acceptors (Lipinski definition) is 4. The lowest BCUT2D eigenvalue weighted by atomic mass is 9.69. The van der Waals surface area contributed by atoms with Crippen LogP contribution in [-0.2, 0) is 6.54 Å². The smallest absolute Gasteiger partial charge is 0.315 e. The number of carbonyl (C=O) groups is 1. The van der Waals surface area contributed by atoms with Crippen LogP contribution in [0.1, 0.15) is 45.6 Å². The molecule has 0 aromatic carbocycles. The molecule has 0 spiro atoms. The first-order chi connectivity index (χ1) is 13.3. The van der Waals surface area contributed by atoms with Crippen LogP contribution in [0.3, 0.4) is 0 Å². The number of rotatable bonds is 4. The maximum absolute atomic E-state index is 12.6. The van der Waals surface area contributed by atoms with E-state index in [0.29, 0.717) is 12.0 Å². The molecule has 6 nitrogen and oxygen atoms in total. The molecule has 28 heavy (non-hydrogen) atoms. The molecule has 1 aromatic heterocycles. The third kappa shape index (κ3) is 3.36. The number of amides is 2. The Hall–Kier alpha value is -1.82. The summed E-state index contributed by atoms with van der Waals surface area (Å²) in [4.78, 5) is 21.8. The summed E-state index contributed by atoms with van der Waals surface area (Å²) in [5.41, 5.74) is 1.62. The number of piperazine rings is 1. The minimum absolute atomic E-state index is 0.0486. The van der Waals surface area contributed by atoms with Crippen LogP contribution in [0.25, 0.3) is 0 Å². The van der Waals surface area contributed by atoms with E-state index in [9.17, 15) is 4.79 Å². The van der Waals surface area contributed by atoms with E-state index in [1.165, 1.54) is 12.8 Å². The van der Waals surface area contributed by atoms with Gasteiger partial charge in [0.1, 0.15) is 5.82 Å². The van der Waals surface area contributed by atoms with Gasteiger partial charge in [0.05, 0.1) is 0 Å². The van der Waals surface area contributed by atoms with Crippen LogP contribution in [-0.4, -0.2) is 55.2 Å². The fourth-order valence-electron chi connectivity index (χ4n) is 5.59. The highest BCUT2D eigenvalue weighted by atomic mass is 16.2. The van der Waals surface area contributed by atoms with Gasteiger partial charge >= 0.3 is 6.03 Å². The highest BCUT2D eigenvalue weighted by Gasteiger charge is 2.61. The highest BCUT2D eigenvalue weighted by molar-refractivity contribution is 5.74. The topological polar surface area (TPSA) is 60.5 Å². The van der Waals surface area contributed by atoms with Gasteiger partial charge in [-0.05, 0) is 60.8 Å².